The summed E-state index contributed by atoms with van der Waals surface area (Å²) < 4.78 is 6.49. The molecule has 0 saturated heterocycles. The van der Waals surface area contributed by atoms with Crippen LogP contribution >= 0.6 is 0 Å². The average Bonchev–Trinajstić information content (AvgIpc) is 3.04. The van der Waals surface area contributed by atoms with E-state index in [0.29, 0.717) is 0 Å². The van der Waals surface area contributed by atoms with Gasteiger partial charge in [0.15, 0.2) is 0 Å². The van der Waals surface area contributed by atoms with E-state index in [-0.39, 0.29) is 10.8 Å². The van der Waals surface area contributed by atoms with E-state index in [1.54, 1.807) is 0 Å². The van der Waals surface area contributed by atoms with Crippen LogP contribution in [-0.2, 0) is 10.8 Å². The first-order chi connectivity index (χ1) is 14.9. The Balaban J connectivity index is 1.82. The van der Waals surface area contributed by atoms with Crippen LogP contribution in [-0.4, -0.2) is 0 Å². The minimum atomic E-state index is -0.372. The van der Waals surface area contributed by atoms with Crippen LogP contribution in [0.3, 0.4) is 0 Å². The van der Waals surface area contributed by atoms with Gasteiger partial charge in [-0.05, 0) is 58.4 Å². The van der Waals surface area contributed by atoms with Crippen molar-refractivity contribution in [2.45, 2.75) is 38.5 Å². The number of aryl methyl sites for hydroxylation is 1. The lowest BCUT2D eigenvalue weighted by atomic mass is 9.65. The molecule has 4 aromatic carbocycles. The standard InChI is InChI=1S/C30H26O/c1-19-13-15-22-21-9-5-6-10-23(21)30(25(22)17-19)24-11-7-8-12-27(24)31-28-16-14-20(18-26(28)30)29(2,3)4/h5-18H,1-4H3. The number of fused-ring (bicyclic) bond motifs is 9. The van der Waals surface area contributed by atoms with Crippen molar-refractivity contribution in [1.29, 1.82) is 0 Å². The molecule has 31 heavy (non-hydrogen) atoms. The highest BCUT2D eigenvalue weighted by Crippen LogP contribution is 2.62. The molecule has 152 valence electrons. The molecule has 1 aliphatic carbocycles. The van der Waals surface area contributed by atoms with Gasteiger partial charge in [0.25, 0.3) is 0 Å². The van der Waals surface area contributed by atoms with Crippen molar-refractivity contribution in [3.8, 4) is 22.6 Å². The first kappa shape index (κ1) is 18.4. The largest absolute Gasteiger partial charge is 0.457 e. The van der Waals surface area contributed by atoms with Gasteiger partial charge >= 0.3 is 0 Å². The van der Waals surface area contributed by atoms with Gasteiger partial charge in [0.1, 0.15) is 11.5 Å². The van der Waals surface area contributed by atoms with E-state index in [2.05, 4.69) is 113 Å². The Hall–Kier alpha value is -3.32. The molecule has 1 atom stereocenters. The van der Waals surface area contributed by atoms with Gasteiger partial charge in [-0.15, -0.1) is 0 Å². The molecule has 4 aromatic rings. The third-order valence-corrected chi connectivity index (χ3v) is 6.96. The predicted molar refractivity (Wildman–Crippen MR) is 127 cm³/mol. The second-order valence-corrected chi connectivity index (χ2v) is 9.90. The van der Waals surface area contributed by atoms with Crippen LogP contribution in [0.1, 0.15) is 54.2 Å². The van der Waals surface area contributed by atoms with Gasteiger partial charge in [-0.2, -0.15) is 0 Å². The minimum Gasteiger partial charge on any atom is -0.457 e. The summed E-state index contributed by atoms with van der Waals surface area (Å²) in [6, 6.07) is 31.1. The molecule has 2 aliphatic rings. The summed E-state index contributed by atoms with van der Waals surface area (Å²) in [7, 11) is 0. The summed E-state index contributed by atoms with van der Waals surface area (Å²) in [4.78, 5) is 0. The van der Waals surface area contributed by atoms with Crippen LogP contribution in [0.5, 0.6) is 11.5 Å². The average molecular weight is 403 g/mol. The topological polar surface area (TPSA) is 9.23 Å². The molecule has 0 amide bonds. The Morgan fingerprint density at radius 2 is 1.29 bits per heavy atom. The Morgan fingerprint density at radius 1 is 0.613 bits per heavy atom. The van der Waals surface area contributed by atoms with Crippen LogP contribution in [0.25, 0.3) is 11.1 Å². The zero-order valence-electron chi connectivity index (χ0n) is 18.5. The Bertz CT molecular complexity index is 1360. The van der Waals surface area contributed by atoms with Gasteiger partial charge in [0, 0.05) is 11.1 Å². The van der Waals surface area contributed by atoms with E-state index in [9.17, 15) is 0 Å². The van der Waals surface area contributed by atoms with Crippen molar-refractivity contribution in [1.82, 2.24) is 0 Å². The van der Waals surface area contributed by atoms with E-state index < -0.39 is 0 Å². The number of hydrogen-bond donors (Lipinski definition) is 0. The zero-order chi connectivity index (χ0) is 21.4. The lowest BCUT2D eigenvalue weighted by molar-refractivity contribution is 0.434. The molecule has 1 aliphatic heterocycles. The summed E-state index contributed by atoms with van der Waals surface area (Å²) in [6.45, 7) is 9.02. The summed E-state index contributed by atoms with van der Waals surface area (Å²) >= 11 is 0. The van der Waals surface area contributed by atoms with E-state index >= 15 is 0 Å². The van der Waals surface area contributed by atoms with Crippen LogP contribution in [0.4, 0.5) is 0 Å². The van der Waals surface area contributed by atoms with Gasteiger partial charge in [-0.25, -0.2) is 0 Å². The molecule has 0 N–H and O–H groups in total. The van der Waals surface area contributed by atoms with Gasteiger partial charge in [0.05, 0.1) is 5.41 Å². The SMILES string of the molecule is Cc1ccc2c(c1)C1(c3ccccc3Oc3ccc(C(C)(C)C)cc31)c1ccccc1-2. The van der Waals surface area contributed by atoms with E-state index in [1.807, 2.05) is 0 Å². The molecule has 1 heteroatoms. The van der Waals surface area contributed by atoms with Crippen molar-refractivity contribution in [3.63, 3.8) is 0 Å². The van der Waals surface area contributed by atoms with Crippen molar-refractivity contribution in [2.24, 2.45) is 0 Å². The third kappa shape index (κ3) is 2.38. The molecular weight excluding hydrogens is 376 g/mol. The molecule has 0 bridgehead atoms. The van der Waals surface area contributed by atoms with E-state index in [1.165, 1.54) is 44.5 Å². The van der Waals surface area contributed by atoms with Crippen molar-refractivity contribution in [3.05, 3.63) is 118 Å². The van der Waals surface area contributed by atoms with Crippen molar-refractivity contribution in [2.75, 3.05) is 0 Å². The van der Waals surface area contributed by atoms with Gasteiger partial charge in [0.2, 0.25) is 0 Å². The Kier molecular flexibility index (Phi) is 3.63. The fourth-order valence-corrected chi connectivity index (χ4v) is 5.48. The monoisotopic (exact) mass is 402 g/mol. The molecule has 0 saturated carbocycles. The normalized spacial score (nSPS) is 18.1. The second-order valence-electron chi connectivity index (χ2n) is 9.90. The van der Waals surface area contributed by atoms with Gasteiger partial charge in [-0.3, -0.25) is 0 Å². The first-order valence-electron chi connectivity index (χ1n) is 11.0. The lowest BCUT2D eigenvalue weighted by Crippen LogP contribution is -2.32. The molecule has 6 rings (SSSR count). The van der Waals surface area contributed by atoms with E-state index in [0.717, 1.165) is 11.5 Å². The van der Waals surface area contributed by atoms with Crippen LogP contribution in [0.15, 0.2) is 84.9 Å². The lowest BCUT2D eigenvalue weighted by Gasteiger charge is -2.40. The highest BCUT2D eigenvalue weighted by atomic mass is 16.5. The maximum absolute atomic E-state index is 6.49. The smallest absolute Gasteiger partial charge is 0.132 e. The van der Waals surface area contributed by atoms with Gasteiger partial charge < -0.3 is 4.74 Å². The van der Waals surface area contributed by atoms with Crippen LogP contribution < -0.4 is 4.74 Å². The third-order valence-electron chi connectivity index (χ3n) is 6.96. The van der Waals surface area contributed by atoms with Crippen molar-refractivity contribution >= 4 is 0 Å². The molecule has 0 radical (unpaired) electrons. The van der Waals surface area contributed by atoms with Gasteiger partial charge in [-0.1, -0.05) is 93.1 Å². The number of rotatable bonds is 0. The summed E-state index contributed by atoms with van der Waals surface area (Å²) in [5.41, 5.74) is 10.1. The van der Waals surface area contributed by atoms with Crippen molar-refractivity contribution < 1.29 is 4.74 Å². The van der Waals surface area contributed by atoms with E-state index in [4.69, 9.17) is 4.74 Å². The summed E-state index contributed by atoms with van der Waals surface area (Å²) in [5.74, 6) is 1.90. The molecule has 1 nitrogen and oxygen atoms in total. The van der Waals surface area contributed by atoms with Crippen LogP contribution in [0.2, 0.25) is 0 Å². The molecular formula is C30H26O. The molecule has 1 heterocycles. The number of hydrogen-bond acceptors (Lipinski definition) is 1. The predicted octanol–water partition coefficient (Wildman–Crippen LogP) is 7.76. The summed E-state index contributed by atoms with van der Waals surface area (Å²) in [5, 5.41) is 0. The number of benzene rings is 4. The highest BCUT2D eigenvalue weighted by Gasteiger charge is 2.51. The fraction of sp³-hybridized carbons (Fsp3) is 0.200. The molecule has 0 fully saturated rings. The highest BCUT2D eigenvalue weighted by molar-refractivity contribution is 5.88. The molecule has 1 unspecified atom stereocenters. The number of ether oxygens (including phenoxy) is 1. The molecule has 1 spiro atoms. The number of para-hydroxylation sites is 1. The molecule has 0 aromatic heterocycles. The maximum Gasteiger partial charge on any atom is 0.132 e. The Labute approximate surface area is 184 Å². The quantitative estimate of drug-likeness (QED) is 0.252. The fourth-order valence-electron chi connectivity index (χ4n) is 5.48. The second kappa shape index (κ2) is 6.11. The first-order valence-corrected chi connectivity index (χ1v) is 11.0. The minimum absolute atomic E-state index is 0.0563. The summed E-state index contributed by atoms with van der Waals surface area (Å²) in [6.07, 6.45) is 0. The van der Waals surface area contributed by atoms with Crippen LogP contribution in [0, 0.1) is 6.92 Å². The Morgan fingerprint density at radius 3 is 2.10 bits per heavy atom. The zero-order valence-corrected chi connectivity index (χ0v) is 18.5. The maximum atomic E-state index is 6.49.